The third-order valence-corrected chi connectivity index (χ3v) is 4.67. The maximum Gasteiger partial charge on any atom is 0.332 e. The van der Waals surface area contributed by atoms with E-state index in [4.69, 9.17) is 4.74 Å². The van der Waals surface area contributed by atoms with Crippen LogP contribution in [0.15, 0.2) is 52.7 Å². The quantitative estimate of drug-likeness (QED) is 0.515. The molecule has 0 unspecified atom stereocenters. The number of hydrogen-bond donors (Lipinski definition) is 0. The van der Waals surface area contributed by atoms with Crippen molar-refractivity contribution in [2.75, 3.05) is 7.11 Å². The molecule has 0 spiro atoms. The van der Waals surface area contributed by atoms with E-state index in [1.165, 1.54) is 10.6 Å². The van der Waals surface area contributed by atoms with Gasteiger partial charge in [-0.2, -0.15) is 4.98 Å². The minimum Gasteiger partial charge on any atom is -0.497 e. The zero-order valence-electron chi connectivity index (χ0n) is 15.3. The number of rotatable bonds is 4. The monoisotopic (exact) mass is 365 g/mol. The Morgan fingerprint density at radius 2 is 1.93 bits per heavy atom. The first-order valence-electron chi connectivity index (χ1n) is 8.43. The summed E-state index contributed by atoms with van der Waals surface area (Å²) in [5, 5.41) is 0. The normalized spacial score (nSPS) is 11.4. The van der Waals surface area contributed by atoms with Gasteiger partial charge in [-0.15, -0.1) is 6.58 Å². The van der Waals surface area contributed by atoms with Gasteiger partial charge in [-0.3, -0.25) is 22.9 Å². The van der Waals surface area contributed by atoms with Gasteiger partial charge in [0, 0.05) is 31.2 Å². The molecule has 27 heavy (non-hydrogen) atoms. The summed E-state index contributed by atoms with van der Waals surface area (Å²) in [4.78, 5) is 30.0. The Hall–Kier alpha value is -3.55. The van der Waals surface area contributed by atoms with Crippen molar-refractivity contribution in [3.8, 4) is 11.4 Å². The third-order valence-electron chi connectivity index (χ3n) is 4.67. The molecule has 0 fully saturated rings. The van der Waals surface area contributed by atoms with Crippen molar-refractivity contribution in [2.45, 2.75) is 13.5 Å². The van der Waals surface area contributed by atoms with Crippen LogP contribution >= 0.6 is 0 Å². The SMILES string of the molecule is C=CCn1c(=O)c2c(nc3n(-c4ccc(OC)cc4)c(C)cn23)n(C)c1=O. The van der Waals surface area contributed by atoms with E-state index in [0.29, 0.717) is 16.9 Å². The predicted octanol–water partition coefficient (Wildman–Crippen LogP) is 1.64. The lowest BCUT2D eigenvalue weighted by molar-refractivity contribution is 0.415. The van der Waals surface area contributed by atoms with Gasteiger partial charge in [0.05, 0.1) is 7.11 Å². The van der Waals surface area contributed by atoms with E-state index in [2.05, 4.69) is 11.6 Å². The molecule has 0 atom stereocenters. The van der Waals surface area contributed by atoms with Gasteiger partial charge in [-0.25, -0.2) is 4.79 Å². The van der Waals surface area contributed by atoms with Crippen molar-refractivity contribution < 1.29 is 4.74 Å². The number of ether oxygens (including phenoxy) is 1. The first-order valence-corrected chi connectivity index (χ1v) is 8.43. The van der Waals surface area contributed by atoms with Crippen LogP contribution in [0.25, 0.3) is 22.6 Å². The predicted molar refractivity (Wildman–Crippen MR) is 103 cm³/mol. The smallest absolute Gasteiger partial charge is 0.332 e. The van der Waals surface area contributed by atoms with Gasteiger partial charge in [0.25, 0.3) is 5.56 Å². The fourth-order valence-electron chi connectivity index (χ4n) is 3.35. The molecule has 1 aromatic carbocycles. The summed E-state index contributed by atoms with van der Waals surface area (Å²) in [6.45, 7) is 5.71. The Balaban J connectivity index is 2.09. The Bertz CT molecular complexity index is 1300. The van der Waals surface area contributed by atoms with Gasteiger partial charge in [-0.1, -0.05) is 6.08 Å². The number of benzene rings is 1. The molecule has 138 valence electrons. The second-order valence-electron chi connectivity index (χ2n) is 6.30. The summed E-state index contributed by atoms with van der Waals surface area (Å²) in [6, 6.07) is 7.56. The molecule has 8 nitrogen and oxygen atoms in total. The van der Waals surface area contributed by atoms with Gasteiger partial charge >= 0.3 is 5.69 Å². The van der Waals surface area contributed by atoms with Crippen molar-refractivity contribution in [2.24, 2.45) is 7.05 Å². The summed E-state index contributed by atoms with van der Waals surface area (Å²) >= 11 is 0. The molecule has 3 aromatic heterocycles. The lowest BCUT2D eigenvalue weighted by Crippen LogP contribution is -2.39. The molecule has 8 heteroatoms. The highest BCUT2D eigenvalue weighted by Crippen LogP contribution is 2.22. The number of methoxy groups -OCH3 is 1. The molecule has 0 aliphatic heterocycles. The molecule has 0 bridgehead atoms. The standard InChI is InChI=1S/C19H19N5O3/c1-5-10-22-17(25)15-16(21(3)19(22)26)20-18-23(15)11-12(2)24(18)13-6-8-14(27-4)9-7-13/h5-9,11H,1,10H2,2-4H3. The minimum atomic E-state index is -0.416. The van der Waals surface area contributed by atoms with Gasteiger partial charge in [0.15, 0.2) is 11.2 Å². The van der Waals surface area contributed by atoms with Crippen LogP contribution < -0.4 is 16.0 Å². The van der Waals surface area contributed by atoms with Gasteiger partial charge in [0.1, 0.15) is 5.75 Å². The number of aromatic nitrogens is 5. The van der Waals surface area contributed by atoms with Gasteiger partial charge in [0.2, 0.25) is 5.78 Å². The molecule has 0 saturated carbocycles. The first kappa shape index (κ1) is 16.9. The summed E-state index contributed by atoms with van der Waals surface area (Å²) in [5.74, 6) is 1.32. The average molecular weight is 365 g/mol. The molecule has 3 heterocycles. The van der Waals surface area contributed by atoms with Crippen LogP contribution in [-0.4, -0.2) is 30.2 Å². The maximum atomic E-state index is 12.9. The first-order chi connectivity index (χ1) is 13.0. The van der Waals surface area contributed by atoms with E-state index in [9.17, 15) is 9.59 Å². The zero-order valence-corrected chi connectivity index (χ0v) is 15.3. The molecule has 4 rings (SSSR count). The van der Waals surface area contributed by atoms with Gasteiger partial charge in [-0.05, 0) is 31.2 Å². The van der Waals surface area contributed by atoms with E-state index in [0.717, 1.165) is 21.7 Å². The van der Waals surface area contributed by atoms with E-state index in [-0.39, 0.29) is 12.1 Å². The van der Waals surface area contributed by atoms with Crippen LogP contribution in [0.3, 0.4) is 0 Å². The fourth-order valence-corrected chi connectivity index (χ4v) is 3.35. The topological polar surface area (TPSA) is 75.5 Å². The van der Waals surface area contributed by atoms with Crippen LogP contribution in [0.1, 0.15) is 5.69 Å². The number of nitrogens with zero attached hydrogens (tertiary/aromatic N) is 5. The highest BCUT2D eigenvalue weighted by Gasteiger charge is 2.20. The van der Waals surface area contributed by atoms with Crippen LogP contribution in [0, 0.1) is 6.92 Å². The highest BCUT2D eigenvalue weighted by molar-refractivity contribution is 5.76. The van der Waals surface area contributed by atoms with Crippen LogP contribution in [0.4, 0.5) is 0 Å². The third kappa shape index (κ3) is 2.33. The number of fused-ring (bicyclic) bond motifs is 3. The molecule has 0 aliphatic carbocycles. The molecule has 0 N–H and O–H groups in total. The Kier molecular flexibility index (Phi) is 3.76. The van der Waals surface area contributed by atoms with Crippen molar-refractivity contribution in [1.29, 1.82) is 0 Å². The van der Waals surface area contributed by atoms with Crippen molar-refractivity contribution in [3.05, 3.63) is 69.6 Å². The molecule has 0 saturated heterocycles. The van der Waals surface area contributed by atoms with E-state index in [1.54, 1.807) is 18.6 Å². The molecule has 0 amide bonds. The molecular weight excluding hydrogens is 346 g/mol. The van der Waals surface area contributed by atoms with Crippen molar-refractivity contribution in [1.82, 2.24) is 23.1 Å². The largest absolute Gasteiger partial charge is 0.497 e. The average Bonchev–Trinajstić information content (AvgIpc) is 3.18. The Morgan fingerprint density at radius 1 is 1.22 bits per heavy atom. The molecule has 0 aliphatic rings. The molecular formula is C19H19N5O3. The minimum absolute atomic E-state index is 0.146. The van der Waals surface area contributed by atoms with E-state index < -0.39 is 5.69 Å². The summed E-state index contributed by atoms with van der Waals surface area (Å²) in [7, 11) is 3.23. The van der Waals surface area contributed by atoms with Crippen molar-refractivity contribution in [3.63, 3.8) is 0 Å². The van der Waals surface area contributed by atoms with Crippen LogP contribution in [-0.2, 0) is 13.6 Å². The number of hydrogen-bond acceptors (Lipinski definition) is 4. The lowest BCUT2D eigenvalue weighted by Gasteiger charge is -2.07. The lowest BCUT2D eigenvalue weighted by atomic mass is 10.3. The second-order valence-corrected chi connectivity index (χ2v) is 6.30. The molecule has 0 radical (unpaired) electrons. The highest BCUT2D eigenvalue weighted by atomic mass is 16.5. The summed E-state index contributed by atoms with van der Waals surface area (Å²) in [5.41, 5.74) is 1.71. The second kappa shape index (κ2) is 6.01. The number of aryl methyl sites for hydroxylation is 2. The van der Waals surface area contributed by atoms with E-state index in [1.807, 2.05) is 42.0 Å². The maximum absolute atomic E-state index is 12.9. The van der Waals surface area contributed by atoms with Gasteiger partial charge < -0.3 is 4.74 Å². The van der Waals surface area contributed by atoms with Crippen LogP contribution in [0.2, 0.25) is 0 Å². The molecule has 4 aromatic rings. The zero-order chi connectivity index (χ0) is 19.3. The summed E-state index contributed by atoms with van der Waals surface area (Å²) < 4.78 is 11.4. The number of imidazole rings is 2. The number of allylic oxidation sites excluding steroid dienone is 1. The summed E-state index contributed by atoms with van der Waals surface area (Å²) in [6.07, 6.45) is 3.37. The Labute approximate surface area is 154 Å². The fraction of sp³-hybridized carbons (Fsp3) is 0.211. The van der Waals surface area contributed by atoms with Crippen LogP contribution in [0.5, 0.6) is 5.75 Å². The van der Waals surface area contributed by atoms with Crippen molar-refractivity contribution >= 4 is 16.9 Å². The Morgan fingerprint density at radius 3 is 2.56 bits per heavy atom. The van der Waals surface area contributed by atoms with E-state index >= 15 is 0 Å².